The Morgan fingerprint density at radius 1 is 0.479 bits per heavy atom. The number of hydrogen-bond acceptors (Lipinski definition) is 7. The van der Waals surface area contributed by atoms with Crippen LogP contribution in [0.15, 0.2) is 72.8 Å². The van der Waals surface area contributed by atoms with Crippen molar-refractivity contribution in [2.24, 2.45) is 0 Å². The van der Waals surface area contributed by atoms with Gasteiger partial charge in [0, 0.05) is 84.0 Å². The maximum atomic E-state index is 12.8. The van der Waals surface area contributed by atoms with Crippen LogP contribution in [0.5, 0.6) is 0 Å². The van der Waals surface area contributed by atoms with Gasteiger partial charge in [-0.2, -0.15) is 52.7 Å². The van der Waals surface area contributed by atoms with E-state index in [1.165, 1.54) is 22.3 Å². The lowest BCUT2D eigenvalue weighted by molar-refractivity contribution is -0.308. The molecule has 1 N–H and O–H groups in total. The molecule has 0 spiro atoms. The molecule has 25 heteroatoms. The fraction of sp³-hybridized carbons (Fsp3) is 0.435. The fourth-order valence-corrected chi connectivity index (χ4v) is 8.91. The molecule has 2 fully saturated rings. The summed E-state index contributed by atoms with van der Waals surface area (Å²) in [5.74, 6) is 0. The first-order chi connectivity index (χ1) is 32.8. The standard InChI is InChI=1S/C23H22Cl2F6N2O2.C19H22Cl2N2.C4HClF6O2/c1-13-11-15(24)3-5-17(13)19(18-6-4-16(25)12-14(18)2)32-7-9-33(10-8-32)21(34)35-20(22(26,27)28)23(29,30)31;1-13-11-15(20)3-5-17(13)19(23-9-7-22-8-10-23)18-6-4-16(21)12-14(18)2;5-2(12)13-1(3(6,7)8)4(9,10)11/h3-6,11-12,19-20H,7-10H2,1-2H3;3-6,11-12,19,22H,7-10H2,1-2H3;1H. The van der Waals surface area contributed by atoms with Crippen LogP contribution in [-0.2, 0) is 9.47 Å². The second-order valence-electron chi connectivity index (χ2n) is 16.3. The molecule has 4 aromatic carbocycles. The van der Waals surface area contributed by atoms with Gasteiger partial charge in [0.15, 0.2) is 0 Å². The van der Waals surface area contributed by atoms with Crippen LogP contribution in [-0.4, -0.2) is 115 Å². The van der Waals surface area contributed by atoms with Gasteiger partial charge in [-0.05, 0) is 121 Å². The second-order valence-corrected chi connectivity index (χ2v) is 18.3. The lowest BCUT2D eigenvalue weighted by Gasteiger charge is -2.40. The summed E-state index contributed by atoms with van der Waals surface area (Å²) in [6, 6.07) is 23.2. The number of rotatable bonds is 8. The SMILES string of the molecule is Cc1cc(Cl)ccc1C(c1ccc(Cl)cc1C)N1CCN(C(=O)OC(C(F)(F)F)C(F)(F)F)CC1.Cc1cc(Cl)ccc1C(c1ccc(Cl)cc1C)N1CCNCC1.O=C(Cl)OC(C(F)(F)F)C(F)(F)F. The summed E-state index contributed by atoms with van der Waals surface area (Å²) in [7, 11) is 0. The first kappa shape index (κ1) is 59.7. The van der Waals surface area contributed by atoms with Crippen molar-refractivity contribution < 1.29 is 71.7 Å². The van der Waals surface area contributed by atoms with E-state index in [0.29, 0.717) is 10.0 Å². The Morgan fingerprint density at radius 2 is 0.761 bits per heavy atom. The number of nitrogens with one attached hydrogen (secondary N) is 1. The average Bonchev–Trinajstić information content (AvgIpc) is 3.24. The number of ether oxygens (including phenoxy) is 2. The quantitative estimate of drug-likeness (QED) is 0.139. The summed E-state index contributed by atoms with van der Waals surface area (Å²) >= 11 is 28.8. The molecule has 2 saturated heterocycles. The van der Waals surface area contributed by atoms with E-state index in [4.69, 9.17) is 46.4 Å². The minimum absolute atomic E-state index is 0.114. The molecule has 4 aromatic rings. The molecule has 1 amide bonds. The van der Waals surface area contributed by atoms with Gasteiger partial charge in [0.2, 0.25) is 0 Å². The maximum absolute atomic E-state index is 12.8. The van der Waals surface area contributed by atoms with E-state index < -0.39 is 48.4 Å². The number of alkyl halides is 12. The van der Waals surface area contributed by atoms with Gasteiger partial charge in [0.05, 0.1) is 12.1 Å². The van der Waals surface area contributed by atoms with Gasteiger partial charge in [-0.1, -0.05) is 70.7 Å². The third-order valence-corrected chi connectivity index (χ3v) is 12.2. The van der Waals surface area contributed by atoms with Crippen LogP contribution in [0.3, 0.4) is 0 Å². The lowest BCUT2D eigenvalue weighted by Crippen LogP contribution is -2.53. The monoisotopic (exact) mass is 1120 g/mol. The highest BCUT2D eigenvalue weighted by atomic mass is 35.5. The molecular weight excluding hydrogens is 1080 g/mol. The van der Waals surface area contributed by atoms with Crippen molar-refractivity contribution in [1.82, 2.24) is 20.0 Å². The fourth-order valence-electron chi connectivity index (χ4n) is 7.91. The number of hydrogen-bond donors (Lipinski definition) is 1. The molecule has 0 unspecified atom stereocenters. The Bertz CT molecular complexity index is 2320. The Hall–Kier alpha value is -3.89. The number of carbonyl (C=O) groups is 2. The number of amides is 1. The smallest absolute Gasteiger partial charge is 0.431 e. The molecule has 0 atom stereocenters. The highest BCUT2D eigenvalue weighted by Gasteiger charge is 2.61. The Balaban J connectivity index is 0.000000260. The molecular formula is C46H45Cl5F12N4O4. The predicted octanol–water partition coefficient (Wildman–Crippen LogP) is 14.4. The number of piperazine rings is 2. The molecule has 2 aliphatic rings. The molecule has 2 heterocycles. The van der Waals surface area contributed by atoms with Gasteiger partial charge >= 0.3 is 36.2 Å². The van der Waals surface area contributed by atoms with E-state index in [9.17, 15) is 62.3 Å². The van der Waals surface area contributed by atoms with E-state index >= 15 is 0 Å². The highest BCUT2D eigenvalue weighted by Crippen LogP contribution is 2.40. The van der Waals surface area contributed by atoms with Crippen molar-refractivity contribution in [3.8, 4) is 0 Å². The first-order valence-electron chi connectivity index (χ1n) is 21.1. The second kappa shape index (κ2) is 24.9. The molecule has 0 saturated carbocycles. The number of nitrogens with zero attached hydrogens (tertiary/aromatic N) is 3. The highest BCUT2D eigenvalue weighted by molar-refractivity contribution is 6.61. The number of benzene rings is 4. The van der Waals surface area contributed by atoms with Gasteiger partial charge < -0.3 is 19.7 Å². The van der Waals surface area contributed by atoms with Crippen molar-refractivity contribution in [3.05, 3.63) is 137 Å². The molecule has 0 aliphatic carbocycles. The Kier molecular flexibility index (Phi) is 20.9. The zero-order valence-corrected chi connectivity index (χ0v) is 41.6. The largest absolute Gasteiger partial charge is 0.434 e. The zero-order chi connectivity index (χ0) is 53.4. The van der Waals surface area contributed by atoms with Crippen LogP contribution in [0, 0.1) is 27.7 Å². The van der Waals surface area contributed by atoms with Crippen LogP contribution in [0.4, 0.5) is 62.3 Å². The molecule has 8 nitrogen and oxygen atoms in total. The minimum Gasteiger partial charge on any atom is -0.431 e. The molecule has 0 bridgehead atoms. The van der Waals surface area contributed by atoms with Gasteiger partial charge in [-0.15, -0.1) is 0 Å². The van der Waals surface area contributed by atoms with Crippen molar-refractivity contribution in [1.29, 1.82) is 0 Å². The van der Waals surface area contributed by atoms with Crippen molar-refractivity contribution in [2.75, 3.05) is 52.4 Å². The summed E-state index contributed by atoms with van der Waals surface area (Å²) in [6.45, 7) is 12.3. The summed E-state index contributed by atoms with van der Waals surface area (Å²) in [6.07, 6.45) is -33.0. The van der Waals surface area contributed by atoms with E-state index in [1.54, 1.807) is 24.3 Å². The maximum Gasteiger partial charge on any atom is 0.434 e. The molecule has 2 aliphatic heterocycles. The molecule has 0 radical (unpaired) electrons. The van der Waals surface area contributed by atoms with Crippen molar-refractivity contribution in [3.63, 3.8) is 0 Å². The van der Waals surface area contributed by atoms with E-state index in [2.05, 4.69) is 69.4 Å². The molecule has 6 rings (SSSR count). The molecule has 392 valence electrons. The summed E-state index contributed by atoms with van der Waals surface area (Å²) in [4.78, 5) is 27.2. The summed E-state index contributed by atoms with van der Waals surface area (Å²) < 4.78 is 152. The zero-order valence-electron chi connectivity index (χ0n) is 37.8. The predicted molar refractivity (Wildman–Crippen MR) is 247 cm³/mol. The van der Waals surface area contributed by atoms with Gasteiger partial charge in [-0.25, -0.2) is 9.59 Å². The van der Waals surface area contributed by atoms with Crippen LogP contribution in [0.2, 0.25) is 20.1 Å². The number of halogens is 17. The van der Waals surface area contributed by atoms with Crippen LogP contribution in [0.1, 0.15) is 56.6 Å². The average molecular weight is 1120 g/mol. The first-order valence-corrected chi connectivity index (χ1v) is 23.0. The lowest BCUT2D eigenvalue weighted by atomic mass is 9.90. The van der Waals surface area contributed by atoms with Crippen molar-refractivity contribution >= 4 is 69.5 Å². The Labute approximate surface area is 426 Å². The third-order valence-electron chi connectivity index (χ3n) is 11.2. The van der Waals surface area contributed by atoms with Crippen LogP contribution in [0.25, 0.3) is 0 Å². The Morgan fingerprint density at radius 3 is 1.01 bits per heavy atom. The summed E-state index contributed by atoms with van der Waals surface area (Å²) in [5.41, 5.74) is 6.58. The number of aryl methyl sites for hydroxylation is 4. The van der Waals surface area contributed by atoms with Crippen molar-refractivity contribution in [2.45, 2.75) is 76.7 Å². The summed E-state index contributed by atoms with van der Waals surface area (Å²) in [5, 5.41) is 6.12. The number of carbonyl (C=O) groups excluding carboxylic acids is 2. The molecule has 0 aromatic heterocycles. The third kappa shape index (κ3) is 17.1. The van der Waals surface area contributed by atoms with Gasteiger partial charge in [-0.3, -0.25) is 9.80 Å². The van der Waals surface area contributed by atoms with Crippen LogP contribution < -0.4 is 5.32 Å². The van der Waals surface area contributed by atoms with Gasteiger partial charge in [0.25, 0.3) is 12.2 Å². The van der Waals surface area contributed by atoms with E-state index in [-0.39, 0.29) is 38.3 Å². The van der Waals surface area contributed by atoms with E-state index in [0.717, 1.165) is 63.4 Å². The normalized spacial score (nSPS) is 15.4. The van der Waals surface area contributed by atoms with Gasteiger partial charge in [0.1, 0.15) is 0 Å². The molecule has 71 heavy (non-hydrogen) atoms. The topological polar surface area (TPSA) is 74.4 Å². The van der Waals surface area contributed by atoms with E-state index in [1.807, 2.05) is 43.0 Å². The minimum atomic E-state index is -5.76. The van der Waals surface area contributed by atoms with Crippen LogP contribution >= 0.6 is 58.0 Å².